The predicted molar refractivity (Wildman–Crippen MR) is 105 cm³/mol. The molecule has 0 bridgehead atoms. The van der Waals surface area contributed by atoms with E-state index in [-0.39, 0.29) is 18.3 Å². The number of benzene rings is 1. The van der Waals surface area contributed by atoms with Gasteiger partial charge in [0.1, 0.15) is 5.69 Å². The van der Waals surface area contributed by atoms with Crippen LogP contribution in [-0.4, -0.2) is 23.5 Å². The average molecular weight is 380 g/mol. The van der Waals surface area contributed by atoms with Gasteiger partial charge >= 0.3 is 0 Å². The van der Waals surface area contributed by atoms with Gasteiger partial charge in [0.05, 0.1) is 5.02 Å². The topological polar surface area (TPSA) is 54.0 Å². The van der Waals surface area contributed by atoms with Gasteiger partial charge < -0.3 is 10.6 Å². The number of nitrogens with zero attached hydrogens (tertiary/aromatic N) is 1. The zero-order valence-corrected chi connectivity index (χ0v) is 15.6. The molecular formula is C19H23Cl2N3O. The molecule has 3 rings (SSSR count). The quantitative estimate of drug-likeness (QED) is 0.804. The van der Waals surface area contributed by atoms with Crippen LogP contribution in [0.4, 0.5) is 5.69 Å². The summed E-state index contributed by atoms with van der Waals surface area (Å²) in [6, 6.07) is 12.0. The van der Waals surface area contributed by atoms with Crippen molar-refractivity contribution in [1.82, 2.24) is 10.3 Å². The molecule has 1 aliphatic heterocycles. The van der Waals surface area contributed by atoms with Gasteiger partial charge in [0.15, 0.2) is 0 Å². The van der Waals surface area contributed by atoms with E-state index >= 15 is 0 Å². The first-order valence-electron chi connectivity index (χ1n) is 8.46. The number of carbonyl (C=O) groups is 1. The maximum atomic E-state index is 12.1. The lowest BCUT2D eigenvalue weighted by atomic mass is 9.98. The first-order chi connectivity index (χ1) is 11.7. The first-order valence-corrected chi connectivity index (χ1v) is 8.84. The minimum absolute atomic E-state index is 0. The molecule has 1 amide bonds. The summed E-state index contributed by atoms with van der Waals surface area (Å²) in [6.07, 6.45) is 7.61. The van der Waals surface area contributed by atoms with Crippen LogP contribution in [0.1, 0.15) is 41.7 Å². The number of hydrogen-bond acceptors (Lipinski definition) is 3. The summed E-state index contributed by atoms with van der Waals surface area (Å²) < 4.78 is 0. The van der Waals surface area contributed by atoms with E-state index in [0.717, 1.165) is 18.7 Å². The van der Waals surface area contributed by atoms with Crippen LogP contribution in [0.25, 0.3) is 0 Å². The van der Waals surface area contributed by atoms with Crippen LogP contribution >= 0.6 is 24.0 Å². The van der Waals surface area contributed by atoms with E-state index in [0.29, 0.717) is 16.8 Å². The molecule has 0 aliphatic carbocycles. The van der Waals surface area contributed by atoms with Crippen LogP contribution in [0.5, 0.6) is 0 Å². The van der Waals surface area contributed by atoms with Crippen molar-refractivity contribution in [3.05, 3.63) is 58.9 Å². The van der Waals surface area contributed by atoms with Crippen LogP contribution in [-0.2, 0) is 6.42 Å². The monoisotopic (exact) mass is 379 g/mol. The molecule has 2 aromatic rings. The molecular weight excluding hydrogens is 357 g/mol. The third-order valence-electron chi connectivity index (χ3n) is 4.37. The normalized spacial score (nSPS) is 16.8. The molecule has 25 heavy (non-hydrogen) atoms. The fourth-order valence-electron chi connectivity index (χ4n) is 2.97. The molecule has 2 N–H and O–H groups in total. The summed E-state index contributed by atoms with van der Waals surface area (Å²) >= 11 is 5.78. The summed E-state index contributed by atoms with van der Waals surface area (Å²) in [6.45, 7) is 1.15. The highest BCUT2D eigenvalue weighted by Gasteiger charge is 2.12. The summed E-state index contributed by atoms with van der Waals surface area (Å²) in [4.78, 5) is 16.1. The average Bonchev–Trinajstić information content (AvgIpc) is 2.62. The summed E-state index contributed by atoms with van der Waals surface area (Å²) in [5.74, 6) is -0.231. The van der Waals surface area contributed by atoms with E-state index < -0.39 is 0 Å². The van der Waals surface area contributed by atoms with E-state index in [9.17, 15) is 4.79 Å². The number of piperidine rings is 1. The van der Waals surface area contributed by atoms with Crippen LogP contribution in [0.15, 0.2) is 42.6 Å². The van der Waals surface area contributed by atoms with E-state index in [1.807, 2.05) is 12.1 Å². The Morgan fingerprint density at radius 2 is 2.00 bits per heavy atom. The molecule has 0 radical (unpaired) electrons. The van der Waals surface area contributed by atoms with Crippen molar-refractivity contribution < 1.29 is 4.79 Å². The number of halogens is 2. The second kappa shape index (κ2) is 9.76. The van der Waals surface area contributed by atoms with Gasteiger partial charge in [-0.3, -0.25) is 4.79 Å². The van der Waals surface area contributed by atoms with Crippen molar-refractivity contribution in [3.63, 3.8) is 0 Å². The number of nitrogens with one attached hydrogen (secondary N) is 2. The molecule has 1 saturated heterocycles. The fraction of sp³-hybridized carbons (Fsp3) is 0.368. The largest absolute Gasteiger partial charge is 0.321 e. The third-order valence-corrected chi connectivity index (χ3v) is 4.59. The first kappa shape index (κ1) is 19.7. The Balaban J connectivity index is 0.00000225. The second-order valence-electron chi connectivity index (χ2n) is 6.20. The van der Waals surface area contributed by atoms with Crippen molar-refractivity contribution in [2.45, 2.75) is 38.1 Å². The lowest BCUT2D eigenvalue weighted by Crippen LogP contribution is -2.34. The molecule has 0 spiro atoms. The van der Waals surface area contributed by atoms with E-state index in [1.165, 1.54) is 37.4 Å². The Bertz CT molecular complexity index is 668. The molecule has 1 aromatic carbocycles. The highest BCUT2D eigenvalue weighted by atomic mass is 35.5. The van der Waals surface area contributed by atoms with Crippen LogP contribution in [0.3, 0.4) is 0 Å². The number of carbonyl (C=O) groups excluding carboxylic acids is 1. The van der Waals surface area contributed by atoms with Crippen LogP contribution in [0, 0.1) is 0 Å². The van der Waals surface area contributed by atoms with Gasteiger partial charge in [-0.1, -0.05) is 30.2 Å². The number of rotatable bonds is 5. The maximum absolute atomic E-state index is 12.1. The number of aromatic nitrogens is 1. The van der Waals surface area contributed by atoms with Gasteiger partial charge in [0.25, 0.3) is 5.91 Å². The molecule has 1 aliphatic rings. The van der Waals surface area contributed by atoms with Crippen molar-refractivity contribution in [2.75, 3.05) is 11.9 Å². The Kier molecular flexibility index (Phi) is 7.69. The summed E-state index contributed by atoms with van der Waals surface area (Å²) in [5.41, 5.74) is 2.42. The smallest absolute Gasteiger partial charge is 0.274 e. The van der Waals surface area contributed by atoms with Crippen molar-refractivity contribution >= 4 is 35.6 Å². The van der Waals surface area contributed by atoms with Gasteiger partial charge in [-0.25, -0.2) is 4.98 Å². The van der Waals surface area contributed by atoms with E-state index in [2.05, 4.69) is 27.8 Å². The molecule has 2 heterocycles. The molecule has 6 heteroatoms. The van der Waals surface area contributed by atoms with E-state index in [1.54, 1.807) is 12.1 Å². The molecule has 1 atom stereocenters. The standard InChI is InChI=1S/C19H22ClN3O.ClH/c20-15-7-11-18(22-13-15)19(24)23-17-9-5-14(6-10-17)4-8-16-3-1-2-12-21-16;/h5-7,9-11,13,16,21H,1-4,8,12H2,(H,23,24);1H. The zero-order chi connectivity index (χ0) is 16.8. The number of anilines is 1. The van der Waals surface area contributed by atoms with E-state index in [4.69, 9.17) is 11.6 Å². The van der Waals surface area contributed by atoms with Crippen LogP contribution < -0.4 is 10.6 Å². The molecule has 1 fully saturated rings. The highest BCUT2D eigenvalue weighted by Crippen LogP contribution is 2.16. The lowest BCUT2D eigenvalue weighted by molar-refractivity contribution is 0.102. The molecule has 134 valence electrons. The van der Waals surface area contributed by atoms with Gasteiger partial charge in [-0.15, -0.1) is 12.4 Å². The van der Waals surface area contributed by atoms with Gasteiger partial charge in [0.2, 0.25) is 0 Å². The second-order valence-corrected chi connectivity index (χ2v) is 6.63. The fourth-order valence-corrected chi connectivity index (χ4v) is 3.08. The zero-order valence-electron chi connectivity index (χ0n) is 14.0. The maximum Gasteiger partial charge on any atom is 0.274 e. The number of hydrogen-bond donors (Lipinski definition) is 2. The number of pyridine rings is 1. The Labute approximate surface area is 159 Å². The molecule has 1 aromatic heterocycles. The molecule has 4 nitrogen and oxygen atoms in total. The van der Waals surface area contributed by atoms with Crippen molar-refractivity contribution in [3.8, 4) is 0 Å². The third kappa shape index (κ3) is 5.99. The van der Waals surface area contributed by atoms with Crippen LogP contribution in [0.2, 0.25) is 5.02 Å². The van der Waals surface area contributed by atoms with Gasteiger partial charge in [0, 0.05) is 17.9 Å². The minimum Gasteiger partial charge on any atom is -0.321 e. The molecule has 1 unspecified atom stereocenters. The predicted octanol–water partition coefficient (Wildman–Crippen LogP) is 4.48. The Hall–Kier alpha value is -1.62. The number of aryl methyl sites for hydroxylation is 1. The lowest BCUT2D eigenvalue weighted by Gasteiger charge is -2.23. The summed E-state index contributed by atoms with van der Waals surface area (Å²) in [7, 11) is 0. The Morgan fingerprint density at radius 3 is 2.64 bits per heavy atom. The highest BCUT2D eigenvalue weighted by molar-refractivity contribution is 6.30. The van der Waals surface area contributed by atoms with Gasteiger partial charge in [-0.05, 0) is 62.1 Å². The Morgan fingerprint density at radius 1 is 1.20 bits per heavy atom. The van der Waals surface area contributed by atoms with Crippen molar-refractivity contribution in [2.24, 2.45) is 0 Å². The summed E-state index contributed by atoms with van der Waals surface area (Å²) in [5, 5.41) is 6.95. The molecule has 0 saturated carbocycles. The number of amides is 1. The SMILES string of the molecule is Cl.O=C(Nc1ccc(CCC2CCCCN2)cc1)c1ccc(Cl)cn1. The minimum atomic E-state index is -0.231. The van der Waals surface area contributed by atoms with Gasteiger partial charge in [-0.2, -0.15) is 0 Å². The van der Waals surface area contributed by atoms with Crippen molar-refractivity contribution in [1.29, 1.82) is 0 Å².